The van der Waals surface area contributed by atoms with E-state index in [0.717, 1.165) is 0 Å². The van der Waals surface area contributed by atoms with Gasteiger partial charge in [-0.2, -0.15) is 17.6 Å². The molecule has 0 aliphatic rings. The van der Waals surface area contributed by atoms with Crippen LogP contribution in [-0.4, -0.2) is 7.12 Å². The topological polar surface area (TPSA) is 18.5 Å². The minimum Gasteiger partial charge on any atom is -0.518 e. The molecule has 0 spiro atoms. The summed E-state index contributed by atoms with van der Waals surface area (Å²) >= 11 is 0. The van der Waals surface area contributed by atoms with Gasteiger partial charge in [0.15, 0.2) is 34.8 Å². The molecule has 0 aliphatic heterocycles. The summed E-state index contributed by atoms with van der Waals surface area (Å²) in [7, 11) is -3.17. The molecule has 0 unspecified atom stereocenters. The van der Waals surface area contributed by atoms with Gasteiger partial charge in [-0.05, 0) is 0 Å². The molecule has 39 heavy (non-hydrogen) atoms. The molecule has 4 rings (SSSR count). The van der Waals surface area contributed by atoms with Crippen molar-refractivity contribution in [2.75, 3.05) is 0 Å². The summed E-state index contributed by atoms with van der Waals surface area (Å²) in [6, 6.07) is 1.72. The second-order valence-corrected chi connectivity index (χ2v) is 7.39. The predicted octanol–water partition coefficient (Wildman–Crippen LogP) is 6.64. The van der Waals surface area contributed by atoms with Gasteiger partial charge in [-0.25, -0.2) is 43.9 Å². The molecular formula is C22H3BF14O2. The fraction of sp³-hybridized carbons (Fsp3) is 0. The van der Waals surface area contributed by atoms with Crippen molar-refractivity contribution in [1.82, 2.24) is 0 Å². The first-order chi connectivity index (χ1) is 18.2. The molecule has 4 aromatic rings. The summed E-state index contributed by atoms with van der Waals surface area (Å²) in [5, 5.41) is -2.62. The Balaban J connectivity index is 2.05. The van der Waals surface area contributed by atoms with Gasteiger partial charge < -0.3 is 9.31 Å². The summed E-state index contributed by atoms with van der Waals surface area (Å²) in [5.41, 5.74) is -1.30. The van der Waals surface area contributed by atoms with Gasteiger partial charge in [0, 0.05) is 16.2 Å². The lowest BCUT2D eigenvalue weighted by molar-refractivity contribution is 0.316. The molecule has 0 saturated carbocycles. The highest BCUT2D eigenvalue weighted by Gasteiger charge is 2.39. The zero-order valence-corrected chi connectivity index (χ0v) is 17.9. The molecule has 0 aromatic heterocycles. The maximum Gasteiger partial charge on any atom is 0.633 e. The molecule has 2 nitrogen and oxygen atoms in total. The number of hydrogen-bond acceptors (Lipinski definition) is 2. The average Bonchev–Trinajstić information content (AvgIpc) is 2.93. The third-order valence-corrected chi connectivity index (χ3v) is 5.17. The highest BCUT2D eigenvalue weighted by atomic mass is 19.2. The van der Waals surface area contributed by atoms with Crippen molar-refractivity contribution in [3.05, 3.63) is 99.6 Å². The van der Waals surface area contributed by atoms with E-state index in [2.05, 4.69) is 9.31 Å². The molecule has 4 aromatic carbocycles. The molecule has 0 amide bonds. The molecule has 17 heteroatoms. The first kappa shape index (κ1) is 27.8. The van der Waals surface area contributed by atoms with Crippen LogP contribution in [0.15, 0.2) is 18.2 Å². The van der Waals surface area contributed by atoms with E-state index in [-0.39, 0.29) is 0 Å². The molecule has 0 radical (unpaired) electrons. The van der Waals surface area contributed by atoms with Crippen LogP contribution in [0.25, 0.3) is 10.8 Å². The van der Waals surface area contributed by atoms with Crippen LogP contribution in [0.4, 0.5) is 61.5 Å². The molecule has 0 bridgehead atoms. The van der Waals surface area contributed by atoms with Crippen LogP contribution in [0.2, 0.25) is 0 Å². The van der Waals surface area contributed by atoms with E-state index < -0.39 is 116 Å². The standard InChI is InChI=1S/C22H3BF14O2/c24-7-4-2-1-3-5(6(4)8(25)10(27)9(7)26)23(38-21-17(34)13(30)11(28)14(31)18(21)35)39-22-19(36)15(32)12(29)16(33)20(22)37/h1-3H. The van der Waals surface area contributed by atoms with Crippen molar-refractivity contribution >= 4 is 23.4 Å². The van der Waals surface area contributed by atoms with Gasteiger partial charge in [-0.1, -0.05) is 18.2 Å². The quantitative estimate of drug-likeness (QED) is 0.115. The van der Waals surface area contributed by atoms with Crippen LogP contribution in [0.1, 0.15) is 0 Å². The molecule has 0 atom stereocenters. The van der Waals surface area contributed by atoms with E-state index in [9.17, 15) is 61.5 Å². The van der Waals surface area contributed by atoms with Crippen LogP contribution < -0.4 is 14.8 Å². The van der Waals surface area contributed by atoms with E-state index in [1.807, 2.05) is 0 Å². The summed E-state index contributed by atoms with van der Waals surface area (Å²) in [4.78, 5) is 0. The van der Waals surface area contributed by atoms with E-state index in [1.165, 1.54) is 0 Å². The van der Waals surface area contributed by atoms with Gasteiger partial charge >= 0.3 is 7.12 Å². The lowest BCUT2D eigenvalue weighted by Gasteiger charge is -2.21. The highest BCUT2D eigenvalue weighted by molar-refractivity contribution is 6.65. The maximum absolute atomic E-state index is 14.7. The Kier molecular flexibility index (Phi) is 7.03. The van der Waals surface area contributed by atoms with Crippen LogP contribution in [0.3, 0.4) is 0 Å². The largest absolute Gasteiger partial charge is 0.633 e. The summed E-state index contributed by atoms with van der Waals surface area (Å²) < 4.78 is 204. The average molecular weight is 576 g/mol. The maximum atomic E-state index is 14.7. The van der Waals surface area contributed by atoms with E-state index in [4.69, 9.17) is 0 Å². The summed E-state index contributed by atoms with van der Waals surface area (Å²) in [6.07, 6.45) is 0. The molecule has 0 saturated heterocycles. The zero-order chi connectivity index (χ0) is 29.1. The first-order valence-electron chi connectivity index (χ1n) is 9.81. The molecule has 0 aliphatic carbocycles. The smallest absolute Gasteiger partial charge is 0.518 e. The molecule has 0 N–H and O–H groups in total. The van der Waals surface area contributed by atoms with E-state index >= 15 is 0 Å². The Labute approximate surface area is 206 Å². The molecule has 0 fully saturated rings. The monoisotopic (exact) mass is 576 g/mol. The zero-order valence-electron chi connectivity index (χ0n) is 17.9. The van der Waals surface area contributed by atoms with Crippen LogP contribution in [0, 0.1) is 81.4 Å². The van der Waals surface area contributed by atoms with Crippen LogP contribution in [-0.2, 0) is 0 Å². The van der Waals surface area contributed by atoms with Crippen molar-refractivity contribution in [3.8, 4) is 11.5 Å². The van der Waals surface area contributed by atoms with Gasteiger partial charge in [-0.3, -0.25) is 0 Å². The first-order valence-corrected chi connectivity index (χ1v) is 9.81. The second kappa shape index (κ2) is 9.85. The molecule has 0 heterocycles. The minimum absolute atomic E-state index is 0.477. The fourth-order valence-corrected chi connectivity index (χ4v) is 3.36. The minimum atomic E-state index is -3.17. The van der Waals surface area contributed by atoms with Gasteiger partial charge in [0.05, 0.1) is 0 Å². The Hall–Kier alpha value is -4.18. The summed E-state index contributed by atoms with van der Waals surface area (Å²) in [6.45, 7) is 0. The van der Waals surface area contributed by atoms with E-state index in [1.54, 1.807) is 0 Å². The Morgan fingerprint density at radius 1 is 0.385 bits per heavy atom. The number of fused-ring (bicyclic) bond motifs is 1. The van der Waals surface area contributed by atoms with Crippen molar-refractivity contribution in [2.24, 2.45) is 0 Å². The van der Waals surface area contributed by atoms with Crippen molar-refractivity contribution < 1.29 is 70.8 Å². The Morgan fingerprint density at radius 3 is 1.13 bits per heavy atom. The third kappa shape index (κ3) is 4.25. The number of hydrogen-bond donors (Lipinski definition) is 0. The van der Waals surface area contributed by atoms with E-state index in [0.29, 0.717) is 18.2 Å². The van der Waals surface area contributed by atoms with Crippen LogP contribution >= 0.6 is 0 Å². The van der Waals surface area contributed by atoms with Crippen molar-refractivity contribution in [3.63, 3.8) is 0 Å². The van der Waals surface area contributed by atoms with Gasteiger partial charge in [0.25, 0.3) is 0 Å². The normalized spacial score (nSPS) is 11.3. The summed E-state index contributed by atoms with van der Waals surface area (Å²) in [5.74, 6) is -40.9. The van der Waals surface area contributed by atoms with Crippen molar-refractivity contribution in [1.29, 1.82) is 0 Å². The van der Waals surface area contributed by atoms with Crippen molar-refractivity contribution in [2.45, 2.75) is 0 Å². The number of benzene rings is 4. The Bertz CT molecular complexity index is 1550. The number of rotatable bonds is 5. The second-order valence-electron chi connectivity index (χ2n) is 7.39. The number of halogens is 14. The van der Waals surface area contributed by atoms with Gasteiger partial charge in [0.1, 0.15) is 0 Å². The third-order valence-electron chi connectivity index (χ3n) is 5.17. The molecule has 204 valence electrons. The predicted molar refractivity (Wildman–Crippen MR) is 103 cm³/mol. The Morgan fingerprint density at radius 2 is 0.718 bits per heavy atom. The van der Waals surface area contributed by atoms with Crippen LogP contribution in [0.5, 0.6) is 11.5 Å². The van der Waals surface area contributed by atoms with Gasteiger partial charge in [-0.15, -0.1) is 0 Å². The van der Waals surface area contributed by atoms with Gasteiger partial charge in [0.2, 0.25) is 58.2 Å². The molecular weight excluding hydrogens is 573 g/mol. The SMILES string of the molecule is Fc1c(F)c(F)c(OB(Oc2c(F)c(F)c(F)c(F)c2F)c2cccc3c(F)c(F)c(F)c(F)c23)c(F)c1F. The lowest BCUT2D eigenvalue weighted by Crippen LogP contribution is -2.44. The fourth-order valence-electron chi connectivity index (χ4n) is 3.36. The highest BCUT2D eigenvalue weighted by Crippen LogP contribution is 2.34. The lowest BCUT2D eigenvalue weighted by atomic mass is 9.75.